The zero-order chi connectivity index (χ0) is 42.0. The molecule has 6 aromatic carbocycles. The fourth-order valence-corrected chi connectivity index (χ4v) is 7.95. The first-order chi connectivity index (χ1) is 30.7. The highest BCUT2D eigenvalue weighted by Gasteiger charge is 2.37. The number of benzene rings is 6. The summed E-state index contributed by atoms with van der Waals surface area (Å²) in [6, 6.07) is 61.8. The monoisotopic (exact) mass is 824 g/mol. The Morgan fingerprint density at radius 2 is 0.548 bits per heavy atom. The van der Waals surface area contributed by atoms with Crippen LogP contribution in [0, 0.1) is 0 Å². The van der Waals surface area contributed by atoms with Gasteiger partial charge in [0.25, 0.3) is 0 Å². The van der Waals surface area contributed by atoms with E-state index in [1.54, 1.807) is 0 Å². The summed E-state index contributed by atoms with van der Waals surface area (Å²) in [6.45, 7) is 2.75. The van der Waals surface area contributed by atoms with Crippen LogP contribution in [0.5, 0.6) is 0 Å². The van der Waals surface area contributed by atoms with Gasteiger partial charge in [0.15, 0.2) is 0 Å². The van der Waals surface area contributed by atoms with Crippen molar-refractivity contribution in [3.05, 3.63) is 251 Å². The standard InChI is InChI=1S/C56H56O6/c1-7-19-43(20-8-1)37-57-51-33-49(34-52(58-38-44-21-9-2-10-22-44)55(51)61-41-47-27-15-5-16-28-47)31-32-50-35-53(59-39-45-23-11-3-12-24-45)56(62-42-48-29-17-6-18-30-48)54(36-50)60-40-46-25-13-4-14-26-46/h1-33,35,51-56H,34,36-42H2/b32-31+/t51-,52-,53-,54-,55-,56-/m1/s1. The van der Waals surface area contributed by atoms with E-state index in [2.05, 4.69) is 97.1 Å². The molecule has 0 heterocycles. The molecule has 0 saturated carbocycles. The molecule has 0 saturated heterocycles. The lowest BCUT2D eigenvalue weighted by molar-refractivity contribution is -0.142. The van der Waals surface area contributed by atoms with Crippen molar-refractivity contribution in [2.45, 2.75) is 89.1 Å². The third-order valence-corrected chi connectivity index (χ3v) is 11.3. The minimum Gasteiger partial charge on any atom is -0.370 e. The number of rotatable bonds is 20. The van der Waals surface area contributed by atoms with Crippen LogP contribution in [-0.4, -0.2) is 36.6 Å². The summed E-state index contributed by atoms with van der Waals surface area (Å²) in [5.74, 6) is 0. The molecule has 0 radical (unpaired) electrons. The molecule has 0 aromatic heterocycles. The van der Waals surface area contributed by atoms with E-state index >= 15 is 0 Å². The van der Waals surface area contributed by atoms with Crippen molar-refractivity contribution in [3.63, 3.8) is 0 Å². The average Bonchev–Trinajstić information content (AvgIpc) is 3.34. The fraction of sp³-hybridized carbons (Fsp3) is 0.250. The quantitative estimate of drug-likeness (QED) is 0.0764. The van der Waals surface area contributed by atoms with Crippen LogP contribution >= 0.6 is 0 Å². The van der Waals surface area contributed by atoms with Gasteiger partial charge in [0.05, 0.1) is 51.8 Å². The first-order valence-electron chi connectivity index (χ1n) is 21.7. The van der Waals surface area contributed by atoms with E-state index < -0.39 is 0 Å². The predicted molar refractivity (Wildman–Crippen MR) is 245 cm³/mol. The average molecular weight is 825 g/mol. The van der Waals surface area contributed by atoms with Gasteiger partial charge in [-0.15, -0.1) is 0 Å². The Bertz CT molecular complexity index is 2120. The number of allylic oxidation sites excluding steroid dienone is 2. The Morgan fingerprint density at radius 3 is 0.823 bits per heavy atom. The second-order valence-electron chi connectivity index (χ2n) is 15.9. The van der Waals surface area contributed by atoms with E-state index in [0.717, 1.165) is 44.5 Å². The summed E-state index contributed by atoms with van der Waals surface area (Å²) in [5, 5.41) is 0. The molecule has 0 bridgehead atoms. The predicted octanol–water partition coefficient (Wildman–Crippen LogP) is 11.7. The summed E-state index contributed by atoms with van der Waals surface area (Å²) >= 11 is 0. The van der Waals surface area contributed by atoms with Gasteiger partial charge in [-0.2, -0.15) is 0 Å². The van der Waals surface area contributed by atoms with Crippen LogP contribution in [0.25, 0.3) is 0 Å². The number of hydrogen-bond acceptors (Lipinski definition) is 6. The Hall–Kier alpha value is -5.70. The van der Waals surface area contributed by atoms with Crippen LogP contribution in [-0.2, 0) is 68.1 Å². The van der Waals surface area contributed by atoms with Gasteiger partial charge in [-0.25, -0.2) is 0 Å². The zero-order valence-corrected chi connectivity index (χ0v) is 35.2. The van der Waals surface area contributed by atoms with Crippen LogP contribution in [0.3, 0.4) is 0 Å². The molecular formula is C56H56O6. The first-order valence-corrected chi connectivity index (χ1v) is 21.7. The molecule has 62 heavy (non-hydrogen) atoms. The third-order valence-electron chi connectivity index (χ3n) is 11.3. The van der Waals surface area contributed by atoms with Crippen molar-refractivity contribution in [2.24, 2.45) is 0 Å². The largest absolute Gasteiger partial charge is 0.370 e. The normalized spacial score (nSPS) is 21.4. The lowest BCUT2D eigenvalue weighted by Crippen LogP contribution is -2.45. The molecule has 6 nitrogen and oxygen atoms in total. The summed E-state index contributed by atoms with van der Waals surface area (Å²) in [5.41, 5.74) is 8.88. The molecule has 0 unspecified atom stereocenters. The molecule has 6 heteroatoms. The van der Waals surface area contributed by atoms with E-state index in [0.29, 0.717) is 52.5 Å². The molecule has 2 aliphatic carbocycles. The van der Waals surface area contributed by atoms with Crippen LogP contribution in [0.2, 0.25) is 0 Å². The first kappa shape index (κ1) is 43.0. The van der Waals surface area contributed by atoms with Gasteiger partial charge in [-0.05, 0) is 56.7 Å². The van der Waals surface area contributed by atoms with Crippen molar-refractivity contribution >= 4 is 0 Å². The van der Waals surface area contributed by atoms with E-state index in [9.17, 15) is 0 Å². The lowest BCUT2D eigenvalue weighted by Gasteiger charge is -2.37. The maximum absolute atomic E-state index is 6.78. The third kappa shape index (κ3) is 12.9. The van der Waals surface area contributed by atoms with Crippen molar-refractivity contribution in [1.29, 1.82) is 0 Å². The lowest BCUT2D eigenvalue weighted by atomic mass is 9.88. The Morgan fingerprint density at radius 1 is 0.306 bits per heavy atom. The van der Waals surface area contributed by atoms with Gasteiger partial charge < -0.3 is 28.4 Å². The van der Waals surface area contributed by atoms with Gasteiger partial charge in [0.1, 0.15) is 24.4 Å². The minimum absolute atomic E-state index is 0.260. The van der Waals surface area contributed by atoms with Crippen LogP contribution < -0.4 is 0 Å². The SMILES string of the molecule is C1=C(/C=C/C2=C[C@@H](OCc3ccccc3)[C@@H](OCc3ccccc3)[C@H](OCc3ccccc3)C2)C[C@@H](OCc2ccccc2)[C@H](OCc2ccccc2)[C@@H]1OCc1ccccc1. The van der Waals surface area contributed by atoms with E-state index in [-0.39, 0.29) is 36.6 Å². The molecule has 8 rings (SSSR count). The van der Waals surface area contributed by atoms with Gasteiger partial charge >= 0.3 is 0 Å². The highest BCUT2D eigenvalue weighted by molar-refractivity contribution is 5.34. The van der Waals surface area contributed by atoms with Crippen LogP contribution in [0.4, 0.5) is 0 Å². The maximum atomic E-state index is 6.78. The molecule has 0 amide bonds. The van der Waals surface area contributed by atoms with Crippen molar-refractivity contribution < 1.29 is 28.4 Å². The molecule has 2 aliphatic rings. The second kappa shape index (κ2) is 22.9. The molecule has 0 fully saturated rings. The van der Waals surface area contributed by atoms with Crippen molar-refractivity contribution in [2.75, 3.05) is 0 Å². The van der Waals surface area contributed by atoms with E-state index in [4.69, 9.17) is 28.4 Å². The Labute approximate surface area is 367 Å². The summed E-state index contributed by atoms with van der Waals surface area (Å²) < 4.78 is 40.6. The van der Waals surface area contributed by atoms with Crippen molar-refractivity contribution in [3.8, 4) is 0 Å². The van der Waals surface area contributed by atoms with Gasteiger partial charge in [-0.3, -0.25) is 0 Å². The Balaban J connectivity index is 1.08. The molecule has 0 N–H and O–H groups in total. The molecule has 0 spiro atoms. The van der Waals surface area contributed by atoms with E-state index in [1.807, 2.05) is 109 Å². The topological polar surface area (TPSA) is 55.4 Å². The summed E-state index contributed by atoms with van der Waals surface area (Å²) in [4.78, 5) is 0. The molecule has 0 aliphatic heterocycles. The number of ether oxygens (including phenoxy) is 6. The van der Waals surface area contributed by atoms with Crippen LogP contribution in [0.1, 0.15) is 46.2 Å². The van der Waals surface area contributed by atoms with Gasteiger partial charge in [0.2, 0.25) is 0 Å². The fourth-order valence-electron chi connectivity index (χ4n) is 7.95. The smallest absolute Gasteiger partial charge is 0.114 e. The summed E-state index contributed by atoms with van der Waals surface area (Å²) in [7, 11) is 0. The minimum atomic E-state index is -0.354. The molecular weight excluding hydrogens is 769 g/mol. The summed E-state index contributed by atoms with van der Waals surface area (Å²) in [6.07, 6.45) is 8.30. The molecule has 6 aromatic rings. The van der Waals surface area contributed by atoms with Gasteiger partial charge in [0, 0.05) is 12.8 Å². The highest BCUT2D eigenvalue weighted by Crippen LogP contribution is 2.33. The Kier molecular flexibility index (Phi) is 15.9. The van der Waals surface area contributed by atoms with Crippen molar-refractivity contribution in [1.82, 2.24) is 0 Å². The zero-order valence-electron chi connectivity index (χ0n) is 35.2. The van der Waals surface area contributed by atoms with E-state index in [1.165, 1.54) is 0 Å². The van der Waals surface area contributed by atoms with Crippen LogP contribution in [0.15, 0.2) is 217 Å². The molecule has 6 atom stereocenters. The maximum Gasteiger partial charge on any atom is 0.114 e. The van der Waals surface area contributed by atoms with Gasteiger partial charge in [-0.1, -0.05) is 194 Å². The number of hydrogen-bond donors (Lipinski definition) is 0. The highest BCUT2D eigenvalue weighted by atomic mass is 16.6. The second-order valence-corrected chi connectivity index (χ2v) is 15.9. The molecule has 316 valence electrons.